The first-order chi connectivity index (χ1) is 6.34. The lowest BCUT2D eigenvalue weighted by molar-refractivity contribution is 0.0694. The standard InChI is InChI=1S/C10H14O3Si/c1-14(2,3)8-6-4-5-7(9(8)11)10(12)13/h4-6,11H,1-3H3,(H,12,13). The van der Waals surface area contributed by atoms with Crippen molar-refractivity contribution < 1.29 is 15.0 Å². The predicted octanol–water partition coefficient (Wildman–Crippen LogP) is 1.64. The summed E-state index contributed by atoms with van der Waals surface area (Å²) >= 11 is 0. The van der Waals surface area contributed by atoms with Crippen molar-refractivity contribution in [1.29, 1.82) is 0 Å². The number of carboxylic acid groups (broad SMARTS) is 1. The number of benzene rings is 1. The third-order valence-electron chi connectivity index (χ3n) is 2.07. The SMILES string of the molecule is C[Si](C)(C)c1cccc(C(=O)O)c1O. The van der Waals surface area contributed by atoms with Gasteiger partial charge in [-0.2, -0.15) is 0 Å². The summed E-state index contributed by atoms with van der Waals surface area (Å²) in [6.45, 7) is 6.19. The van der Waals surface area contributed by atoms with Gasteiger partial charge in [-0.15, -0.1) is 0 Å². The molecule has 1 rings (SSSR count). The van der Waals surface area contributed by atoms with Gasteiger partial charge in [0.05, 0.1) is 8.07 Å². The van der Waals surface area contributed by atoms with E-state index >= 15 is 0 Å². The average Bonchev–Trinajstić information content (AvgIpc) is 2.01. The summed E-state index contributed by atoms with van der Waals surface area (Å²) in [4.78, 5) is 10.8. The molecule has 0 aliphatic heterocycles. The molecule has 0 aliphatic rings. The molecule has 0 atom stereocenters. The minimum absolute atomic E-state index is 0.00933. The molecule has 0 aromatic heterocycles. The van der Waals surface area contributed by atoms with Crippen LogP contribution in [0.5, 0.6) is 5.75 Å². The monoisotopic (exact) mass is 210 g/mol. The normalized spacial score (nSPS) is 11.4. The average molecular weight is 210 g/mol. The molecular formula is C10H14O3Si. The van der Waals surface area contributed by atoms with E-state index in [9.17, 15) is 9.90 Å². The molecule has 2 N–H and O–H groups in total. The van der Waals surface area contributed by atoms with Crippen molar-refractivity contribution in [3.8, 4) is 5.75 Å². The molecule has 0 fully saturated rings. The van der Waals surface area contributed by atoms with Crippen molar-refractivity contribution in [3.63, 3.8) is 0 Å². The molecule has 76 valence electrons. The maximum Gasteiger partial charge on any atom is 0.339 e. The highest BCUT2D eigenvalue weighted by atomic mass is 28.3. The van der Waals surface area contributed by atoms with Crippen LogP contribution in [0.1, 0.15) is 10.4 Å². The third kappa shape index (κ3) is 1.96. The van der Waals surface area contributed by atoms with Crippen molar-refractivity contribution in [3.05, 3.63) is 23.8 Å². The molecule has 3 nitrogen and oxygen atoms in total. The quantitative estimate of drug-likeness (QED) is 0.729. The van der Waals surface area contributed by atoms with E-state index in [0.29, 0.717) is 0 Å². The van der Waals surface area contributed by atoms with E-state index < -0.39 is 14.0 Å². The van der Waals surface area contributed by atoms with E-state index in [2.05, 4.69) is 19.6 Å². The number of aromatic hydroxyl groups is 1. The maximum absolute atomic E-state index is 10.8. The Labute approximate surface area is 84.0 Å². The van der Waals surface area contributed by atoms with E-state index in [4.69, 9.17) is 5.11 Å². The fourth-order valence-electron chi connectivity index (χ4n) is 1.32. The van der Waals surface area contributed by atoms with Gasteiger partial charge in [0, 0.05) is 0 Å². The second kappa shape index (κ2) is 3.46. The van der Waals surface area contributed by atoms with Crippen LogP contribution in [0.3, 0.4) is 0 Å². The first-order valence-electron chi connectivity index (χ1n) is 4.40. The molecule has 0 spiro atoms. The van der Waals surface area contributed by atoms with Crippen LogP contribution in [-0.4, -0.2) is 24.3 Å². The summed E-state index contributed by atoms with van der Waals surface area (Å²) in [6.07, 6.45) is 0. The van der Waals surface area contributed by atoms with Gasteiger partial charge in [-0.05, 0) is 11.3 Å². The van der Waals surface area contributed by atoms with Gasteiger partial charge >= 0.3 is 5.97 Å². The lowest BCUT2D eigenvalue weighted by Crippen LogP contribution is -2.38. The van der Waals surface area contributed by atoms with Crippen molar-refractivity contribution in [1.82, 2.24) is 0 Å². The first kappa shape index (κ1) is 10.8. The highest BCUT2D eigenvalue weighted by molar-refractivity contribution is 6.89. The highest BCUT2D eigenvalue weighted by Gasteiger charge is 2.23. The second-order valence-electron chi connectivity index (χ2n) is 4.26. The number of para-hydroxylation sites is 1. The third-order valence-corrected chi connectivity index (χ3v) is 4.09. The molecule has 0 heterocycles. The van der Waals surface area contributed by atoms with Crippen molar-refractivity contribution >= 4 is 19.2 Å². The van der Waals surface area contributed by atoms with Crippen LogP contribution >= 0.6 is 0 Å². The summed E-state index contributed by atoms with van der Waals surface area (Å²) in [5, 5.41) is 19.3. The predicted molar refractivity (Wildman–Crippen MR) is 58.0 cm³/mol. The van der Waals surface area contributed by atoms with Crippen LogP contribution in [0.4, 0.5) is 0 Å². The van der Waals surface area contributed by atoms with Gasteiger partial charge in [0.1, 0.15) is 11.3 Å². The minimum Gasteiger partial charge on any atom is -0.507 e. The van der Waals surface area contributed by atoms with E-state index in [0.717, 1.165) is 5.19 Å². The van der Waals surface area contributed by atoms with E-state index in [-0.39, 0.29) is 11.3 Å². The van der Waals surface area contributed by atoms with Gasteiger partial charge in [0.15, 0.2) is 0 Å². The van der Waals surface area contributed by atoms with Crippen molar-refractivity contribution in [2.75, 3.05) is 0 Å². The smallest absolute Gasteiger partial charge is 0.339 e. The fraction of sp³-hybridized carbons (Fsp3) is 0.300. The summed E-state index contributed by atoms with van der Waals surface area (Å²) in [7, 11) is -1.67. The molecular weight excluding hydrogens is 196 g/mol. The second-order valence-corrected chi connectivity index (χ2v) is 9.30. The Morgan fingerprint density at radius 2 is 1.86 bits per heavy atom. The molecule has 0 aliphatic carbocycles. The van der Waals surface area contributed by atoms with Crippen LogP contribution in [0, 0.1) is 0 Å². The van der Waals surface area contributed by atoms with Crippen LogP contribution in [0.2, 0.25) is 19.6 Å². The molecule has 14 heavy (non-hydrogen) atoms. The summed E-state index contributed by atoms with van der Waals surface area (Å²) in [5.41, 5.74) is -0.00933. The van der Waals surface area contributed by atoms with Gasteiger partial charge in [-0.25, -0.2) is 4.79 Å². The summed E-state index contributed by atoms with van der Waals surface area (Å²) < 4.78 is 0. The maximum atomic E-state index is 10.8. The molecule has 0 radical (unpaired) electrons. The van der Waals surface area contributed by atoms with E-state index in [1.165, 1.54) is 6.07 Å². The molecule has 1 aromatic carbocycles. The number of aromatic carboxylic acids is 1. The van der Waals surface area contributed by atoms with Gasteiger partial charge in [0.25, 0.3) is 0 Å². The zero-order valence-electron chi connectivity index (χ0n) is 8.53. The molecule has 0 unspecified atom stereocenters. The summed E-state index contributed by atoms with van der Waals surface area (Å²) in [6, 6.07) is 4.89. The largest absolute Gasteiger partial charge is 0.507 e. The number of carboxylic acids is 1. The zero-order valence-corrected chi connectivity index (χ0v) is 9.53. The summed E-state index contributed by atoms with van der Waals surface area (Å²) in [5.74, 6) is -1.15. The Morgan fingerprint density at radius 3 is 2.29 bits per heavy atom. The molecule has 4 heteroatoms. The van der Waals surface area contributed by atoms with Gasteiger partial charge in [-0.3, -0.25) is 0 Å². The number of hydrogen-bond acceptors (Lipinski definition) is 2. The Hall–Kier alpha value is -1.29. The molecule has 0 saturated heterocycles. The van der Waals surface area contributed by atoms with Gasteiger partial charge in [-0.1, -0.05) is 31.8 Å². The van der Waals surface area contributed by atoms with Crippen molar-refractivity contribution in [2.45, 2.75) is 19.6 Å². The Balaban J connectivity index is 3.35. The van der Waals surface area contributed by atoms with Crippen LogP contribution in [0.25, 0.3) is 0 Å². The highest BCUT2D eigenvalue weighted by Crippen LogP contribution is 2.18. The Kier molecular flexibility index (Phi) is 2.66. The lowest BCUT2D eigenvalue weighted by Gasteiger charge is -2.18. The van der Waals surface area contributed by atoms with Crippen molar-refractivity contribution in [2.24, 2.45) is 0 Å². The number of rotatable bonds is 2. The zero-order chi connectivity index (χ0) is 10.9. The van der Waals surface area contributed by atoms with Gasteiger partial charge in [0.2, 0.25) is 0 Å². The lowest BCUT2D eigenvalue weighted by atomic mass is 10.2. The number of phenols is 1. The molecule has 0 saturated carbocycles. The van der Waals surface area contributed by atoms with E-state index in [1.54, 1.807) is 12.1 Å². The number of carbonyl (C=O) groups is 1. The minimum atomic E-state index is -1.67. The molecule has 0 bridgehead atoms. The van der Waals surface area contributed by atoms with Crippen LogP contribution < -0.4 is 5.19 Å². The van der Waals surface area contributed by atoms with Gasteiger partial charge < -0.3 is 10.2 Å². The van der Waals surface area contributed by atoms with E-state index in [1.807, 2.05) is 0 Å². The van der Waals surface area contributed by atoms with Crippen LogP contribution in [-0.2, 0) is 0 Å². The molecule has 0 amide bonds. The first-order valence-corrected chi connectivity index (χ1v) is 7.90. The molecule has 1 aromatic rings. The Bertz CT molecular complexity index is 366. The fourth-order valence-corrected chi connectivity index (χ4v) is 2.76. The Morgan fingerprint density at radius 1 is 1.29 bits per heavy atom. The topological polar surface area (TPSA) is 57.5 Å². The van der Waals surface area contributed by atoms with Crippen LogP contribution in [0.15, 0.2) is 18.2 Å². The number of hydrogen-bond donors (Lipinski definition) is 2.